The van der Waals surface area contributed by atoms with Crippen molar-refractivity contribution in [3.05, 3.63) is 75.1 Å². The fourth-order valence-corrected chi connectivity index (χ4v) is 3.79. The first-order valence-corrected chi connectivity index (χ1v) is 10.2. The number of nitrogens with zero attached hydrogens (tertiary/aromatic N) is 1. The van der Waals surface area contributed by atoms with E-state index in [-0.39, 0.29) is 13.2 Å². The molecule has 0 N–H and O–H groups in total. The van der Waals surface area contributed by atoms with Crippen molar-refractivity contribution in [1.29, 1.82) is 5.26 Å². The van der Waals surface area contributed by atoms with Gasteiger partial charge in [0.25, 0.3) is 0 Å². The standard InChI is InChI=1S/C25H21NO6/c1-29-23-11-16(5-7-21(23)30-10-9-26)6-8-24(27)31-15-19-14-25(28)32-22-13-18-4-2-3-17(18)12-20(19)22/h5-8,11-14H,2-4,10,15H2,1H3. The van der Waals surface area contributed by atoms with Crippen molar-refractivity contribution in [3.8, 4) is 17.6 Å². The third-order valence-electron chi connectivity index (χ3n) is 5.30. The molecular weight excluding hydrogens is 410 g/mol. The highest BCUT2D eigenvalue weighted by Gasteiger charge is 2.15. The van der Waals surface area contributed by atoms with Crippen LogP contribution in [-0.2, 0) is 29.0 Å². The molecule has 1 heterocycles. The Morgan fingerprint density at radius 1 is 1.16 bits per heavy atom. The van der Waals surface area contributed by atoms with Crippen LogP contribution in [0.5, 0.6) is 11.5 Å². The summed E-state index contributed by atoms with van der Waals surface area (Å²) in [5.41, 5.74) is 3.82. The number of nitriles is 1. The fourth-order valence-electron chi connectivity index (χ4n) is 3.79. The zero-order valence-corrected chi connectivity index (χ0v) is 17.6. The highest BCUT2D eigenvalue weighted by atomic mass is 16.5. The maximum absolute atomic E-state index is 12.3. The van der Waals surface area contributed by atoms with Gasteiger partial charge in [0.1, 0.15) is 18.3 Å². The topological polar surface area (TPSA) is 98.8 Å². The van der Waals surface area contributed by atoms with E-state index in [0.29, 0.717) is 28.2 Å². The molecule has 0 fully saturated rings. The summed E-state index contributed by atoms with van der Waals surface area (Å²) in [7, 11) is 1.49. The molecule has 1 aliphatic rings. The molecule has 162 valence electrons. The lowest BCUT2D eigenvalue weighted by Gasteiger charge is -2.09. The van der Waals surface area contributed by atoms with Crippen LogP contribution in [0.2, 0.25) is 0 Å². The number of carbonyl (C=O) groups is 1. The summed E-state index contributed by atoms with van der Waals surface area (Å²) in [5.74, 6) is 0.345. The molecule has 0 spiro atoms. The first-order valence-electron chi connectivity index (χ1n) is 10.2. The normalized spacial score (nSPS) is 12.5. The minimum atomic E-state index is -0.545. The lowest BCUT2D eigenvalue weighted by atomic mass is 10.0. The van der Waals surface area contributed by atoms with Gasteiger partial charge in [-0.2, -0.15) is 5.26 Å². The van der Waals surface area contributed by atoms with Gasteiger partial charge in [-0.3, -0.25) is 0 Å². The fraction of sp³-hybridized carbons (Fsp3) is 0.240. The largest absolute Gasteiger partial charge is 0.493 e. The predicted octanol–water partition coefficient (Wildman–Crippen LogP) is 3.95. The number of rotatable bonds is 7. The van der Waals surface area contributed by atoms with Crippen LogP contribution in [-0.4, -0.2) is 19.7 Å². The van der Waals surface area contributed by atoms with E-state index < -0.39 is 11.6 Å². The maximum atomic E-state index is 12.3. The zero-order valence-electron chi connectivity index (χ0n) is 17.6. The molecule has 1 aromatic heterocycles. The molecule has 0 radical (unpaired) electrons. The molecule has 0 saturated carbocycles. The Balaban J connectivity index is 1.46. The minimum absolute atomic E-state index is 0.0334. The van der Waals surface area contributed by atoms with Crippen LogP contribution in [0, 0.1) is 11.3 Å². The van der Waals surface area contributed by atoms with Crippen molar-refractivity contribution in [1.82, 2.24) is 0 Å². The summed E-state index contributed by atoms with van der Waals surface area (Å²) in [6.45, 7) is -0.123. The summed E-state index contributed by atoms with van der Waals surface area (Å²) in [6.07, 6.45) is 5.95. The number of carbonyl (C=O) groups excluding carboxylic acids is 1. The molecule has 0 atom stereocenters. The van der Waals surface area contributed by atoms with Crippen LogP contribution in [0.3, 0.4) is 0 Å². The van der Waals surface area contributed by atoms with Gasteiger partial charge < -0.3 is 18.6 Å². The SMILES string of the molecule is COc1cc(C=CC(=O)OCc2cc(=O)oc3cc4c(cc23)CCC4)ccc1OCC#N. The van der Waals surface area contributed by atoms with Crippen molar-refractivity contribution in [2.75, 3.05) is 13.7 Å². The number of hydrogen-bond donors (Lipinski definition) is 0. The average molecular weight is 431 g/mol. The van der Waals surface area contributed by atoms with E-state index in [4.69, 9.17) is 23.9 Å². The van der Waals surface area contributed by atoms with Gasteiger partial charge >= 0.3 is 11.6 Å². The first-order chi connectivity index (χ1) is 15.6. The summed E-state index contributed by atoms with van der Waals surface area (Å²) in [6, 6.07) is 12.3. The van der Waals surface area contributed by atoms with Gasteiger partial charge in [-0.1, -0.05) is 6.07 Å². The number of benzene rings is 2. The summed E-state index contributed by atoms with van der Waals surface area (Å²) >= 11 is 0. The second kappa shape index (κ2) is 9.40. The number of esters is 1. The summed E-state index contributed by atoms with van der Waals surface area (Å²) < 4.78 is 21.3. The third kappa shape index (κ3) is 4.65. The Morgan fingerprint density at radius 2 is 1.97 bits per heavy atom. The van der Waals surface area contributed by atoms with E-state index in [1.54, 1.807) is 24.3 Å². The Kier molecular flexibility index (Phi) is 6.22. The van der Waals surface area contributed by atoms with Crippen LogP contribution < -0.4 is 15.1 Å². The van der Waals surface area contributed by atoms with E-state index in [9.17, 15) is 9.59 Å². The van der Waals surface area contributed by atoms with Gasteiger partial charge in [0.15, 0.2) is 18.1 Å². The van der Waals surface area contributed by atoms with E-state index in [2.05, 4.69) is 0 Å². The van der Waals surface area contributed by atoms with Crippen LogP contribution in [0.15, 0.2) is 51.7 Å². The number of aryl methyl sites for hydroxylation is 2. The van der Waals surface area contributed by atoms with Gasteiger partial charge in [-0.05, 0) is 66.3 Å². The highest BCUT2D eigenvalue weighted by Crippen LogP contribution is 2.29. The van der Waals surface area contributed by atoms with E-state index in [0.717, 1.165) is 24.6 Å². The van der Waals surface area contributed by atoms with Crippen molar-refractivity contribution in [3.63, 3.8) is 0 Å². The molecule has 32 heavy (non-hydrogen) atoms. The molecule has 3 aromatic rings. The smallest absolute Gasteiger partial charge is 0.336 e. The van der Waals surface area contributed by atoms with Crippen LogP contribution in [0.4, 0.5) is 0 Å². The Morgan fingerprint density at radius 3 is 2.75 bits per heavy atom. The van der Waals surface area contributed by atoms with Crippen molar-refractivity contribution in [2.24, 2.45) is 0 Å². The highest BCUT2D eigenvalue weighted by molar-refractivity contribution is 5.88. The lowest BCUT2D eigenvalue weighted by molar-refractivity contribution is -0.138. The molecular formula is C25H21NO6. The van der Waals surface area contributed by atoms with Crippen LogP contribution in [0.1, 0.15) is 28.7 Å². The molecule has 7 nitrogen and oxygen atoms in total. The van der Waals surface area contributed by atoms with Gasteiger partial charge in [0.2, 0.25) is 0 Å². The molecule has 2 aromatic carbocycles. The molecule has 7 heteroatoms. The number of fused-ring (bicyclic) bond motifs is 2. The Labute approximate surface area is 184 Å². The molecule has 0 amide bonds. The molecule has 1 aliphatic carbocycles. The summed E-state index contributed by atoms with van der Waals surface area (Å²) in [5, 5.41) is 9.43. The Bertz CT molecular complexity index is 1300. The molecule has 0 saturated heterocycles. The number of ether oxygens (including phenoxy) is 3. The zero-order chi connectivity index (χ0) is 22.5. The van der Waals surface area contributed by atoms with Gasteiger partial charge in [0, 0.05) is 23.1 Å². The molecule has 0 aliphatic heterocycles. The predicted molar refractivity (Wildman–Crippen MR) is 117 cm³/mol. The average Bonchev–Trinajstić information content (AvgIpc) is 3.26. The molecule has 0 bridgehead atoms. The minimum Gasteiger partial charge on any atom is -0.493 e. The van der Waals surface area contributed by atoms with Crippen molar-refractivity contribution < 1.29 is 23.4 Å². The van der Waals surface area contributed by atoms with Crippen molar-refractivity contribution >= 4 is 23.0 Å². The van der Waals surface area contributed by atoms with Crippen LogP contribution >= 0.6 is 0 Å². The Hall–Kier alpha value is -4.05. The molecule has 0 unspecified atom stereocenters. The van der Waals surface area contributed by atoms with E-state index >= 15 is 0 Å². The van der Waals surface area contributed by atoms with E-state index in [1.165, 1.54) is 30.4 Å². The number of methoxy groups -OCH3 is 1. The number of hydrogen-bond acceptors (Lipinski definition) is 7. The first kappa shape index (κ1) is 21.2. The lowest BCUT2D eigenvalue weighted by Crippen LogP contribution is -2.06. The summed E-state index contributed by atoms with van der Waals surface area (Å²) in [4.78, 5) is 24.2. The second-order valence-corrected chi connectivity index (χ2v) is 7.36. The van der Waals surface area contributed by atoms with Crippen molar-refractivity contribution in [2.45, 2.75) is 25.9 Å². The van der Waals surface area contributed by atoms with Gasteiger partial charge in [-0.15, -0.1) is 0 Å². The van der Waals surface area contributed by atoms with Crippen LogP contribution in [0.25, 0.3) is 17.0 Å². The third-order valence-corrected chi connectivity index (χ3v) is 5.30. The maximum Gasteiger partial charge on any atom is 0.336 e. The van der Waals surface area contributed by atoms with Gasteiger partial charge in [-0.25, -0.2) is 9.59 Å². The molecule has 4 rings (SSSR count). The quantitative estimate of drug-likeness (QED) is 0.317. The second-order valence-electron chi connectivity index (χ2n) is 7.36. The van der Waals surface area contributed by atoms with E-state index in [1.807, 2.05) is 18.2 Å². The van der Waals surface area contributed by atoms with Gasteiger partial charge in [0.05, 0.1) is 7.11 Å². The monoisotopic (exact) mass is 431 g/mol.